The van der Waals surface area contributed by atoms with E-state index < -0.39 is 17.6 Å². The predicted molar refractivity (Wildman–Crippen MR) is 89.9 cm³/mol. The molecule has 2 aromatic rings. The number of methoxy groups -OCH3 is 1. The van der Waals surface area contributed by atoms with E-state index in [0.29, 0.717) is 6.61 Å². The summed E-state index contributed by atoms with van der Waals surface area (Å²) in [6.45, 7) is 0.338. The van der Waals surface area contributed by atoms with Crippen molar-refractivity contribution in [3.8, 4) is 5.69 Å². The average molecular weight is 412 g/mol. The lowest BCUT2D eigenvalue weighted by molar-refractivity contribution is -0.137. The van der Waals surface area contributed by atoms with Crippen molar-refractivity contribution in [2.45, 2.75) is 6.18 Å². The zero-order chi connectivity index (χ0) is 19.3. The Kier molecular flexibility index (Phi) is 6.87. The Morgan fingerprint density at radius 3 is 2.50 bits per heavy atom. The highest BCUT2D eigenvalue weighted by Crippen LogP contribution is 2.38. The number of hydrogen-bond acceptors (Lipinski definition) is 4. The summed E-state index contributed by atoms with van der Waals surface area (Å²) in [5, 5.41) is 5.95. The largest absolute Gasteiger partial charge is 0.416 e. The Balaban J connectivity index is 2.21. The van der Waals surface area contributed by atoms with E-state index in [1.807, 2.05) is 0 Å². The highest BCUT2D eigenvalue weighted by Gasteiger charge is 2.32. The van der Waals surface area contributed by atoms with Gasteiger partial charge in [-0.15, -0.1) is 0 Å². The number of alkyl halides is 3. The summed E-state index contributed by atoms with van der Waals surface area (Å²) < 4.78 is 49.5. The third kappa shape index (κ3) is 5.10. The molecular formula is C15H14Cl2F3N3O3. The van der Waals surface area contributed by atoms with Crippen LogP contribution in [0.3, 0.4) is 0 Å². The molecule has 6 nitrogen and oxygen atoms in total. The molecule has 1 N–H and O–H groups in total. The molecule has 0 fully saturated rings. The van der Waals surface area contributed by atoms with Gasteiger partial charge in [0.25, 0.3) is 5.91 Å². The number of carbonyl (C=O) groups excluding carboxylic acids is 1. The van der Waals surface area contributed by atoms with Crippen LogP contribution in [0.4, 0.5) is 19.0 Å². The molecule has 26 heavy (non-hydrogen) atoms. The molecule has 0 bridgehead atoms. The number of ether oxygens (including phenoxy) is 2. The van der Waals surface area contributed by atoms with E-state index in [2.05, 4.69) is 10.4 Å². The van der Waals surface area contributed by atoms with Crippen molar-refractivity contribution >= 4 is 34.9 Å². The average Bonchev–Trinajstić information content (AvgIpc) is 2.98. The zero-order valence-electron chi connectivity index (χ0n) is 13.4. The van der Waals surface area contributed by atoms with Gasteiger partial charge in [-0.2, -0.15) is 18.3 Å². The number of amides is 1. The van der Waals surface area contributed by atoms with Crippen LogP contribution >= 0.6 is 23.2 Å². The lowest BCUT2D eigenvalue weighted by Gasteiger charge is -2.14. The van der Waals surface area contributed by atoms with Gasteiger partial charge in [-0.3, -0.25) is 4.79 Å². The Morgan fingerprint density at radius 2 is 1.92 bits per heavy atom. The maximum Gasteiger partial charge on any atom is 0.416 e. The summed E-state index contributed by atoms with van der Waals surface area (Å²) in [6.07, 6.45) is -3.25. The van der Waals surface area contributed by atoms with Crippen molar-refractivity contribution in [3.05, 3.63) is 40.0 Å². The summed E-state index contributed by atoms with van der Waals surface area (Å²) in [6, 6.07) is 2.92. The number of halogens is 5. The van der Waals surface area contributed by atoms with Gasteiger partial charge in [0, 0.05) is 13.2 Å². The Bertz CT molecular complexity index is 758. The molecule has 0 saturated carbocycles. The highest BCUT2D eigenvalue weighted by molar-refractivity contribution is 6.38. The Morgan fingerprint density at radius 1 is 1.27 bits per heavy atom. The molecule has 1 heterocycles. The minimum absolute atomic E-state index is 0.0157. The van der Waals surface area contributed by atoms with Crippen LogP contribution in [0.15, 0.2) is 24.4 Å². The Hall–Kier alpha value is -1.81. The second kappa shape index (κ2) is 8.72. The van der Waals surface area contributed by atoms with Crippen molar-refractivity contribution in [2.24, 2.45) is 0 Å². The maximum atomic E-state index is 12.8. The maximum absolute atomic E-state index is 12.8. The predicted octanol–water partition coefficient (Wildman–Crippen LogP) is 3.80. The highest BCUT2D eigenvalue weighted by atomic mass is 35.5. The molecule has 0 spiro atoms. The molecule has 1 amide bonds. The van der Waals surface area contributed by atoms with E-state index in [1.54, 1.807) is 0 Å². The topological polar surface area (TPSA) is 65.4 Å². The summed E-state index contributed by atoms with van der Waals surface area (Å²) in [5.41, 5.74) is -0.970. The van der Waals surface area contributed by atoms with Gasteiger partial charge in [-0.05, 0) is 12.1 Å². The monoisotopic (exact) mass is 411 g/mol. The minimum Gasteiger partial charge on any atom is -0.382 e. The van der Waals surface area contributed by atoms with E-state index in [4.69, 9.17) is 32.7 Å². The quantitative estimate of drug-likeness (QED) is 0.703. The number of nitrogens with one attached hydrogen (secondary N) is 1. The number of anilines is 1. The molecule has 0 aliphatic rings. The second-order valence-electron chi connectivity index (χ2n) is 5.01. The van der Waals surface area contributed by atoms with Gasteiger partial charge in [0.2, 0.25) is 0 Å². The van der Waals surface area contributed by atoms with Crippen molar-refractivity contribution in [1.82, 2.24) is 9.78 Å². The number of hydrogen-bond donors (Lipinski definition) is 1. The van der Waals surface area contributed by atoms with Crippen LogP contribution < -0.4 is 5.32 Å². The first-order valence-corrected chi connectivity index (χ1v) is 7.96. The van der Waals surface area contributed by atoms with Crippen LogP contribution in [-0.2, 0) is 20.4 Å². The molecule has 11 heteroatoms. The zero-order valence-corrected chi connectivity index (χ0v) is 15.0. The van der Waals surface area contributed by atoms with Gasteiger partial charge in [0.05, 0.1) is 35.0 Å². The fraction of sp³-hybridized carbons (Fsp3) is 0.333. The number of carbonyl (C=O) groups is 1. The van der Waals surface area contributed by atoms with Crippen LogP contribution in [0.1, 0.15) is 5.56 Å². The first-order valence-electron chi connectivity index (χ1n) is 7.21. The molecule has 1 aromatic carbocycles. The van der Waals surface area contributed by atoms with Crippen molar-refractivity contribution in [3.63, 3.8) is 0 Å². The van der Waals surface area contributed by atoms with Crippen molar-refractivity contribution in [2.75, 3.05) is 32.2 Å². The fourth-order valence-electron chi connectivity index (χ4n) is 1.99. The van der Waals surface area contributed by atoms with E-state index in [9.17, 15) is 18.0 Å². The van der Waals surface area contributed by atoms with E-state index in [-0.39, 0.29) is 34.8 Å². The Labute approximate surface area is 156 Å². The summed E-state index contributed by atoms with van der Waals surface area (Å²) >= 11 is 11.9. The molecule has 142 valence electrons. The fourth-order valence-corrected chi connectivity index (χ4v) is 2.64. The number of rotatable bonds is 7. The molecule has 0 aliphatic carbocycles. The van der Waals surface area contributed by atoms with Crippen LogP contribution in [0, 0.1) is 0 Å². The SMILES string of the molecule is COCCOCC(=O)Nc1ccnn1-c1c(Cl)cc(C(F)(F)F)cc1Cl. The number of aromatic nitrogens is 2. The third-order valence-electron chi connectivity index (χ3n) is 3.13. The summed E-state index contributed by atoms with van der Waals surface area (Å²) in [7, 11) is 1.50. The summed E-state index contributed by atoms with van der Waals surface area (Å²) in [5.74, 6) is -0.309. The normalized spacial score (nSPS) is 11.6. The molecule has 0 aliphatic heterocycles. The van der Waals surface area contributed by atoms with E-state index in [0.717, 1.165) is 16.8 Å². The second-order valence-corrected chi connectivity index (χ2v) is 5.82. The molecular weight excluding hydrogens is 398 g/mol. The molecule has 0 unspecified atom stereocenters. The smallest absolute Gasteiger partial charge is 0.382 e. The van der Waals surface area contributed by atoms with Gasteiger partial charge < -0.3 is 14.8 Å². The molecule has 0 atom stereocenters. The summed E-state index contributed by atoms with van der Waals surface area (Å²) in [4.78, 5) is 11.9. The first-order chi connectivity index (χ1) is 12.2. The van der Waals surface area contributed by atoms with Gasteiger partial charge in [-0.1, -0.05) is 23.2 Å². The van der Waals surface area contributed by atoms with Crippen LogP contribution in [0.25, 0.3) is 5.69 Å². The van der Waals surface area contributed by atoms with Gasteiger partial charge in [0.15, 0.2) is 0 Å². The lowest BCUT2D eigenvalue weighted by Crippen LogP contribution is -2.21. The number of nitrogens with zero attached hydrogens (tertiary/aromatic N) is 2. The lowest BCUT2D eigenvalue weighted by atomic mass is 10.2. The van der Waals surface area contributed by atoms with Gasteiger partial charge in [0.1, 0.15) is 18.1 Å². The van der Waals surface area contributed by atoms with Gasteiger partial charge in [-0.25, -0.2) is 4.68 Å². The molecule has 1 aromatic heterocycles. The van der Waals surface area contributed by atoms with Gasteiger partial charge >= 0.3 is 6.18 Å². The third-order valence-corrected chi connectivity index (χ3v) is 3.71. The number of benzene rings is 1. The van der Waals surface area contributed by atoms with Crippen LogP contribution in [0.2, 0.25) is 10.0 Å². The first kappa shape index (κ1) is 20.5. The standard InChI is InChI=1S/C15H14Cl2F3N3O3/c1-25-4-5-26-8-13(24)22-12-2-3-21-23(12)14-10(16)6-9(7-11(14)17)15(18,19)20/h2-3,6-7H,4-5,8H2,1H3,(H,22,24). The molecule has 0 saturated heterocycles. The van der Waals surface area contributed by atoms with Crippen LogP contribution in [0.5, 0.6) is 0 Å². The molecule has 2 rings (SSSR count). The van der Waals surface area contributed by atoms with E-state index >= 15 is 0 Å². The van der Waals surface area contributed by atoms with E-state index in [1.165, 1.54) is 19.4 Å². The molecule has 0 radical (unpaired) electrons. The minimum atomic E-state index is -4.59. The van der Waals surface area contributed by atoms with Crippen molar-refractivity contribution < 1.29 is 27.4 Å². The van der Waals surface area contributed by atoms with Crippen molar-refractivity contribution in [1.29, 1.82) is 0 Å². The van der Waals surface area contributed by atoms with Crippen LogP contribution in [-0.4, -0.2) is 42.6 Å².